The summed E-state index contributed by atoms with van der Waals surface area (Å²) in [5, 5.41) is 9.15. The van der Waals surface area contributed by atoms with Gasteiger partial charge in [0, 0.05) is 23.3 Å². The van der Waals surface area contributed by atoms with E-state index in [0.29, 0.717) is 0 Å². The van der Waals surface area contributed by atoms with E-state index in [-0.39, 0.29) is 0 Å². The third-order valence-electron chi connectivity index (χ3n) is 1.64. The Kier molecular flexibility index (Phi) is 3.47. The van der Waals surface area contributed by atoms with Gasteiger partial charge in [0.15, 0.2) is 0 Å². The molecule has 0 aliphatic carbocycles. The highest BCUT2D eigenvalue weighted by Crippen LogP contribution is 2.20. The maximum atomic E-state index is 5.81. The molecule has 0 radical (unpaired) electrons. The summed E-state index contributed by atoms with van der Waals surface area (Å²) in [5.74, 6) is 0. The molecule has 6 heteroatoms. The first kappa shape index (κ1) is 10.0. The minimum absolute atomic E-state index is 0.756. The topological polar surface area (TPSA) is 37.8 Å². The summed E-state index contributed by atoms with van der Waals surface area (Å²) < 4.78 is 4.62. The van der Waals surface area contributed by atoms with Gasteiger partial charge in [0.2, 0.25) is 0 Å². The molecule has 0 unspecified atom stereocenters. The van der Waals surface area contributed by atoms with Crippen molar-refractivity contribution in [2.75, 3.05) is 0 Å². The maximum absolute atomic E-state index is 5.81. The zero-order valence-electron chi connectivity index (χ0n) is 7.24. The molecule has 3 nitrogen and oxygen atoms in total. The zero-order chi connectivity index (χ0) is 9.80. The lowest BCUT2D eigenvalue weighted by molar-refractivity contribution is 0.684. The Balaban J connectivity index is 1.78. The van der Waals surface area contributed by atoms with Crippen molar-refractivity contribution < 1.29 is 0 Å². The van der Waals surface area contributed by atoms with Gasteiger partial charge in [-0.05, 0) is 23.7 Å². The lowest BCUT2D eigenvalue weighted by atomic mass is 10.4. The third kappa shape index (κ3) is 2.75. The van der Waals surface area contributed by atoms with Crippen molar-refractivity contribution in [1.82, 2.24) is 14.9 Å². The summed E-state index contributed by atoms with van der Waals surface area (Å²) in [5.41, 5.74) is 0.984. The summed E-state index contributed by atoms with van der Waals surface area (Å²) in [6.45, 7) is 1.58. The molecule has 14 heavy (non-hydrogen) atoms. The van der Waals surface area contributed by atoms with E-state index in [1.165, 1.54) is 16.4 Å². The van der Waals surface area contributed by atoms with Crippen LogP contribution in [0.25, 0.3) is 0 Å². The van der Waals surface area contributed by atoms with Crippen LogP contribution in [0.2, 0.25) is 4.34 Å². The Labute approximate surface area is 94.9 Å². The molecule has 0 amide bonds. The van der Waals surface area contributed by atoms with Crippen LogP contribution in [0.15, 0.2) is 17.5 Å². The Morgan fingerprint density at radius 2 is 2.29 bits per heavy atom. The van der Waals surface area contributed by atoms with Crippen LogP contribution in [0.3, 0.4) is 0 Å². The average molecular weight is 246 g/mol. The Hall–Kier alpha value is -0.490. The lowest BCUT2D eigenvalue weighted by Crippen LogP contribution is -2.11. The highest BCUT2D eigenvalue weighted by atomic mass is 35.5. The van der Waals surface area contributed by atoms with Gasteiger partial charge in [0.05, 0.1) is 10.0 Å². The van der Waals surface area contributed by atoms with Crippen LogP contribution in [0, 0.1) is 0 Å². The van der Waals surface area contributed by atoms with Gasteiger partial charge in [-0.15, -0.1) is 16.4 Å². The van der Waals surface area contributed by atoms with Crippen molar-refractivity contribution in [2.24, 2.45) is 0 Å². The number of thiophene rings is 1. The minimum atomic E-state index is 0.756. The molecular formula is C8H8ClN3S2. The first-order valence-electron chi connectivity index (χ1n) is 4.05. The molecule has 0 aliphatic rings. The fourth-order valence-electron chi connectivity index (χ4n) is 1.02. The summed E-state index contributed by atoms with van der Waals surface area (Å²) in [7, 11) is 0. The van der Waals surface area contributed by atoms with E-state index in [9.17, 15) is 0 Å². The van der Waals surface area contributed by atoms with Gasteiger partial charge in [0.25, 0.3) is 0 Å². The number of hydrogen-bond donors (Lipinski definition) is 1. The van der Waals surface area contributed by atoms with Gasteiger partial charge >= 0.3 is 0 Å². The SMILES string of the molecule is Clc1ccc(CNCc2csnn2)s1. The van der Waals surface area contributed by atoms with Crippen molar-refractivity contribution in [3.8, 4) is 0 Å². The van der Waals surface area contributed by atoms with E-state index in [1.807, 2.05) is 17.5 Å². The smallest absolute Gasteiger partial charge is 0.0931 e. The quantitative estimate of drug-likeness (QED) is 0.900. The summed E-state index contributed by atoms with van der Waals surface area (Å²) in [6.07, 6.45) is 0. The predicted octanol–water partition coefficient (Wildman–Crippen LogP) is 2.54. The molecule has 0 saturated heterocycles. The summed E-state index contributed by atoms with van der Waals surface area (Å²) >= 11 is 8.77. The van der Waals surface area contributed by atoms with Crippen LogP contribution in [-0.2, 0) is 13.1 Å². The molecule has 0 spiro atoms. The zero-order valence-corrected chi connectivity index (χ0v) is 9.62. The van der Waals surface area contributed by atoms with Gasteiger partial charge in [-0.25, -0.2) is 0 Å². The molecule has 1 N–H and O–H groups in total. The predicted molar refractivity (Wildman–Crippen MR) is 59.8 cm³/mol. The van der Waals surface area contributed by atoms with Gasteiger partial charge < -0.3 is 5.32 Å². The van der Waals surface area contributed by atoms with E-state index >= 15 is 0 Å². The fourth-order valence-corrected chi connectivity index (χ4v) is 2.53. The Morgan fingerprint density at radius 3 is 2.93 bits per heavy atom. The van der Waals surface area contributed by atoms with Crippen LogP contribution in [0.1, 0.15) is 10.6 Å². The van der Waals surface area contributed by atoms with Crippen molar-refractivity contribution in [3.05, 3.63) is 32.4 Å². The molecule has 0 atom stereocenters. The van der Waals surface area contributed by atoms with E-state index in [0.717, 1.165) is 23.1 Å². The Bertz CT molecular complexity index is 385. The second-order valence-electron chi connectivity index (χ2n) is 2.71. The molecule has 0 aromatic carbocycles. The monoisotopic (exact) mass is 245 g/mol. The molecule has 0 fully saturated rings. The van der Waals surface area contributed by atoms with Crippen molar-refractivity contribution >= 4 is 34.5 Å². The largest absolute Gasteiger partial charge is 0.306 e. The number of hydrogen-bond acceptors (Lipinski definition) is 5. The van der Waals surface area contributed by atoms with Crippen LogP contribution >= 0.6 is 34.5 Å². The lowest BCUT2D eigenvalue weighted by Gasteiger charge is -1.98. The first-order chi connectivity index (χ1) is 6.84. The second-order valence-corrected chi connectivity index (χ2v) is 5.12. The molecule has 0 saturated carbocycles. The van der Waals surface area contributed by atoms with E-state index < -0.39 is 0 Å². The van der Waals surface area contributed by atoms with Crippen LogP contribution in [0.5, 0.6) is 0 Å². The molecule has 0 aliphatic heterocycles. The molecule has 2 aromatic heterocycles. The molecule has 2 rings (SSSR count). The first-order valence-corrected chi connectivity index (χ1v) is 6.08. The molecule has 74 valence electrons. The number of nitrogens with zero attached hydrogens (tertiary/aromatic N) is 2. The van der Waals surface area contributed by atoms with Gasteiger partial charge in [-0.3, -0.25) is 0 Å². The van der Waals surface area contributed by atoms with Crippen molar-refractivity contribution in [3.63, 3.8) is 0 Å². The highest BCUT2D eigenvalue weighted by Gasteiger charge is 1.98. The maximum Gasteiger partial charge on any atom is 0.0931 e. The number of aromatic nitrogens is 2. The van der Waals surface area contributed by atoms with Crippen LogP contribution < -0.4 is 5.32 Å². The average Bonchev–Trinajstić information content (AvgIpc) is 2.77. The Morgan fingerprint density at radius 1 is 1.36 bits per heavy atom. The number of halogens is 1. The highest BCUT2D eigenvalue weighted by molar-refractivity contribution is 7.16. The van der Waals surface area contributed by atoms with Gasteiger partial charge in [-0.1, -0.05) is 16.1 Å². The molecule has 2 heterocycles. The van der Waals surface area contributed by atoms with Crippen LogP contribution in [-0.4, -0.2) is 9.59 Å². The van der Waals surface area contributed by atoms with Gasteiger partial charge in [0.1, 0.15) is 0 Å². The van der Waals surface area contributed by atoms with E-state index in [4.69, 9.17) is 11.6 Å². The fraction of sp³-hybridized carbons (Fsp3) is 0.250. The van der Waals surface area contributed by atoms with E-state index in [1.54, 1.807) is 11.3 Å². The summed E-state index contributed by atoms with van der Waals surface area (Å²) in [6, 6.07) is 3.94. The van der Waals surface area contributed by atoms with Crippen molar-refractivity contribution in [1.29, 1.82) is 0 Å². The normalized spacial score (nSPS) is 10.6. The van der Waals surface area contributed by atoms with Gasteiger partial charge in [-0.2, -0.15) is 0 Å². The number of rotatable bonds is 4. The molecule has 0 bridgehead atoms. The second kappa shape index (κ2) is 4.84. The van der Waals surface area contributed by atoms with Crippen molar-refractivity contribution in [2.45, 2.75) is 13.1 Å². The van der Waals surface area contributed by atoms with Crippen LogP contribution in [0.4, 0.5) is 0 Å². The summed E-state index contributed by atoms with van der Waals surface area (Å²) in [4.78, 5) is 1.23. The van der Waals surface area contributed by atoms with E-state index in [2.05, 4.69) is 14.9 Å². The minimum Gasteiger partial charge on any atom is -0.306 e. The molecule has 2 aromatic rings. The third-order valence-corrected chi connectivity index (χ3v) is 3.42. The molecular weight excluding hydrogens is 238 g/mol. The number of nitrogens with one attached hydrogen (secondary N) is 1. The standard InChI is InChI=1S/C8H8ClN3S2/c9-8-2-1-7(14-8)4-10-3-6-5-13-12-11-6/h1-2,5,10H,3-4H2.